The van der Waals surface area contributed by atoms with Gasteiger partial charge < -0.3 is 4.40 Å². The Morgan fingerprint density at radius 1 is 1.10 bits per heavy atom. The van der Waals surface area contributed by atoms with Gasteiger partial charge in [0.05, 0.1) is 5.69 Å². The zero-order chi connectivity index (χ0) is 14.3. The molecule has 0 atom stereocenters. The lowest BCUT2D eigenvalue weighted by Gasteiger charge is -2.04. The predicted octanol–water partition coefficient (Wildman–Crippen LogP) is 4.80. The summed E-state index contributed by atoms with van der Waals surface area (Å²) in [5.41, 5.74) is 6.14. The standard InChI is InChI=1S/C17H14BrNO/c1-11-4-3-7-19-16(11)9-14(17(19)10-20)13-5-6-15(18)12(2)8-13/h3-10H,1-2H3. The highest BCUT2D eigenvalue weighted by Gasteiger charge is 2.13. The fourth-order valence-corrected chi connectivity index (χ4v) is 2.77. The Morgan fingerprint density at radius 2 is 1.90 bits per heavy atom. The van der Waals surface area contributed by atoms with Gasteiger partial charge in [0.25, 0.3) is 0 Å². The van der Waals surface area contributed by atoms with Gasteiger partial charge >= 0.3 is 0 Å². The highest BCUT2D eigenvalue weighted by molar-refractivity contribution is 9.10. The SMILES string of the molecule is Cc1cc(-c2cc3c(C)cccn3c2C=O)ccc1Br. The van der Waals surface area contributed by atoms with Crippen molar-refractivity contribution in [1.82, 2.24) is 4.40 Å². The summed E-state index contributed by atoms with van der Waals surface area (Å²) in [6.07, 6.45) is 2.86. The number of carbonyl (C=O) groups excluding carboxylic acids is 1. The molecule has 0 saturated carbocycles. The minimum atomic E-state index is 0.699. The summed E-state index contributed by atoms with van der Waals surface area (Å²) in [5, 5.41) is 0. The number of hydrogen-bond donors (Lipinski definition) is 0. The minimum absolute atomic E-state index is 0.699. The maximum atomic E-state index is 11.5. The van der Waals surface area contributed by atoms with Crippen molar-refractivity contribution in [2.24, 2.45) is 0 Å². The summed E-state index contributed by atoms with van der Waals surface area (Å²) in [6, 6.07) is 12.3. The average Bonchev–Trinajstić information content (AvgIpc) is 2.82. The molecule has 2 nitrogen and oxygen atoms in total. The second-order valence-corrected chi connectivity index (χ2v) is 5.83. The third kappa shape index (κ3) is 1.98. The van der Waals surface area contributed by atoms with Gasteiger partial charge in [0.2, 0.25) is 0 Å². The van der Waals surface area contributed by atoms with Gasteiger partial charge in [-0.25, -0.2) is 0 Å². The zero-order valence-corrected chi connectivity index (χ0v) is 12.9. The van der Waals surface area contributed by atoms with Gasteiger partial charge in [-0.15, -0.1) is 0 Å². The molecule has 0 amide bonds. The number of hydrogen-bond acceptors (Lipinski definition) is 1. The molecule has 0 aliphatic heterocycles. The van der Waals surface area contributed by atoms with Crippen molar-refractivity contribution < 1.29 is 4.79 Å². The Labute approximate surface area is 126 Å². The molecule has 3 heteroatoms. The van der Waals surface area contributed by atoms with Crippen molar-refractivity contribution in [3.63, 3.8) is 0 Å². The van der Waals surface area contributed by atoms with E-state index in [1.54, 1.807) is 0 Å². The Bertz CT molecular complexity index is 817. The van der Waals surface area contributed by atoms with Gasteiger partial charge in [-0.2, -0.15) is 0 Å². The maximum Gasteiger partial charge on any atom is 0.167 e. The van der Waals surface area contributed by atoms with Gasteiger partial charge in [-0.1, -0.05) is 34.1 Å². The molecular formula is C17H14BrNO. The second-order valence-electron chi connectivity index (χ2n) is 4.97. The van der Waals surface area contributed by atoms with E-state index >= 15 is 0 Å². The van der Waals surface area contributed by atoms with E-state index in [-0.39, 0.29) is 0 Å². The summed E-state index contributed by atoms with van der Waals surface area (Å²) < 4.78 is 3.03. The quantitative estimate of drug-likeness (QED) is 0.619. The lowest BCUT2D eigenvalue weighted by molar-refractivity contribution is 0.111. The van der Waals surface area contributed by atoms with Crippen molar-refractivity contribution in [1.29, 1.82) is 0 Å². The first-order valence-corrected chi connectivity index (χ1v) is 7.23. The summed E-state index contributed by atoms with van der Waals surface area (Å²) in [4.78, 5) is 11.5. The van der Waals surface area contributed by atoms with Crippen LogP contribution in [-0.4, -0.2) is 10.7 Å². The van der Waals surface area contributed by atoms with Gasteiger partial charge in [0.15, 0.2) is 6.29 Å². The first-order valence-electron chi connectivity index (χ1n) is 6.44. The molecule has 3 rings (SSSR count). The fraction of sp³-hybridized carbons (Fsp3) is 0.118. The Balaban J connectivity index is 2.33. The van der Waals surface area contributed by atoms with Gasteiger partial charge in [-0.05, 0) is 48.7 Å². The number of halogens is 1. The van der Waals surface area contributed by atoms with E-state index in [0.717, 1.165) is 38.5 Å². The van der Waals surface area contributed by atoms with Crippen molar-refractivity contribution in [2.75, 3.05) is 0 Å². The van der Waals surface area contributed by atoms with Crippen LogP contribution in [0.15, 0.2) is 47.1 Å². The molecule has 0 N–H and O–H groups in total. The summed E-state index contributed by atoms with van der Waals surface area (Å²) in [6.45, 7) is 4.11. The molecule has 20 heavy (non-hydrogen) atoms. The number of pyridine rings is 1. The third-order valence-electron chi connectivity index (χ3n) is 3.64. The zero-order valence-electron chi connectivity index (χ0n) is 11.4. The lowest BCUT2D eigenvalue weighted by Crippen LogP contribution is -1.93. The first kappa shape index (κ1) is 13.1. The number of benzene rings is 1. The van der Waals surface area contributed by atoms with E-state index in [1.165, 1.54) is 0 Å². The number of aromatic nitrogens is 1. The molecule has 2 heterocycles. The third-order valence-corrected chi connectivity index (χ3v) is 4.53. The Hall–Kier alpha value is -1.87. The maximum absolute atomic E-state index is 11.5. The van der Waals surface area contributed by atoms with Crippen molar-refractivity contribution in [3.8, 4) is 11.1 Å². The molecule has 0 spiro atoms. The van der Waals surface area contributed by atoms with Crippen LogP contribution in [0, 0.1) is 13.8 Å². The van der Waals surface area contributed by atoms with E-state index < -0.39 is 0 Å². The van der Waals surface area contributed by atoms with Crippen LogP contribution in [0.3, 0.4) is 0 Å². The highest BCUT2D eigenvalue weighted by atomic mass is 79.9. The molecule has 0 saturated heterocycles. The van der Waals surface area contributed by atoms with E-state index in [4.69, 9.17) is 0 Å². The molecular weight excluding hydrogens is 314 g/mol. The van der Waals surface area contributed by atoms with E-state index in [2.05, 4.69) is 48.0 Å². The van der Waals surface area contributed by atoms with Crippen LogP contribution in [0.2, 0.25) is 0 Å². The van der Waals surface area contributed by atoms with E-state index in [1.807, 2.05) is 28.8 Å². The molecule has 0 bridgehead atoms. The van der Waals surface area contributed by atoms with Gasteiger partial charge in [0, 0.05) is 21.7 Å². The van der Waals surface area contributed by atoms with Gasteiger partial charge in [0.1, 0.15) is 0 Å². The second kappa shape index (κ2) is 4.91. The van der Waals surface area contributed by atoms with Crippen LogP contribution in [0.25, 0.3) is 16.6 Å². The number of aldehydes is 1. The largest absolute Gasteiger partial charge is 0.313 e. The van der Waals surface area contributed by atoms with Crippen LogP contribution in [0.5, 0.6) is 0 Å². The number of carbonyl (C=O) groups is 1. The molecule has 0 radical (unpaired) electrons. The Morgan fingerprint density at radius 3 is 2.60 bits per heavy atom. The first-order chi connectivity index (χ1) is 9.61. The Kier molecular flexibility index (Phi) is 3.22. The smallest absolute Gasteiger partial charge is 0.167 e. The van der Waals surface area contributed by atoms with Crippen LogP contribution < -0.4 is 0 Å². The normalized spacial score (nSPS) is 10.9. The summed E-state index contributed by atoms with van der Waals surface area (Å²) in [7, 11) is 0. The number of aryl methyl sites for hydroxylation is 2. The van der Waals surface area contributed by atoms with E-state index in [0.29, 0.717) is 5.69 Å². The molecule has 0 aliphatic carbocycles. The molecule has 1 aromatic carbocycles. The number of fused-ring (bicyclic) bond motifs is 1. The number of nitrogens with zero attached hydrogens (tertiary/aromatic N) is 1. The molecule has 0 aliphatic rings. The lowest BCUT2D eigenvalue weighted by atomic mass is 10.0. The molecule has 100 valence electrons. The average molecular weight is 328 g/mol. The summed E-state index contributed by atoms with van der Waals surface area (Å²) >= 11 is 3.51. The van der Waals surface area contributed by atoms with Crippen LogP contribution in [-0.2, 0) is 0 Å². The van der Waals surface area contributed by atoms with Crippen LogP contribution in [0.4, 0.5) is 0 Å². The van der Waals surface area contributed by atoms with E-state index in [9.17, 15) is 4.79 Å². The van der Waals surface area contributed by atoms with Crippen molar-refractivity contribution in [3.05, 3.63) is 63.9 Å². The monoisotopic (exact) mass is 327 g/mol. The molecule has 0 unspecified atom stereocenters. The minimum Gasteiger partial charge on any atom is -0.313 e. The van der Waals surface area contributed by atoms with Crippen molar-refractivity contribution in [2.45, 2.75) is 13.8 Å². The van der Waals surface area contributed by atoms with Crippen LogP contribution >= 0.6 is 15.9 Å². The fourth-order valence-electron chi connectivity index (χ4n) is 2.53. The van der Waals surface area contributed by atoms with Crippen molar-refractivity contribution >= 4 is 27.7 Å². The molecule has 2 aromatic heterocycles. The predicted molar refractivity (Wildman–Crippen MR) is 85.4 cm³/mol. The molecule has 0 fully saturated rings. The number of rotatable bonds is 2. The van der Waals surface area contributed by atoms with Crippen LogP contribution in [0.1, 0.15) is 21.6 Å². The highest BCUT2D eigenvalue weighted by Crippen LogP contribution is 2.30. The van der Waals surface area contributed by atoms with Gasteiger partial charge in [-0.3, -0.25) is 4.79 Å². The molecule has 3 aromatic rings. The topological polar surface area (TPSA) is 21.5 Å². The summed E-state index contributed by atoms with van der Waals surface area (Å²) in [5.74, 6) is 0.